The summed E-state index contributed by atoms with van der Waals surface area (Å²) in [5, 5.41) is 66.8. The number of carbonyl (C=O) groups is 1. The summed E-state index contributed by atoms with van der Waals surface area (Å²) in [5.41, 5.74) is -1.62. The van der Waals surface area contributed by atoms with E-state index in [0.29, 0.717) is 54.4 Å². The first kappa shape index (κ1) is 61.1. The third-order valence-electron chi connectivity index (χ3n) is 16.4. The van der Waals surface area contributed by atoms with Crippen molar-refractivity contribution in [3.63, 3.8) is 0 Å². The van der Waals surface area contributed by atoms with E-state index in [4.69, 9.17) is 28.4 Å². The Balaban J connectivity index is 1.21. The van der Waals surface area contributed by atoms with Crippen molar-refractivity contribution in [1.82, 2.24) is 29.8 Å². The lowest BCUT2D eigenvalue weighted by molar-refractivity contribution is -0.308. The van der Waals surface area contributed by atoms with Gasteiger partial charge in [-0.05, 0) is 127 Å². The highest BCUT2D eigenvalue weighted by molar-refractivity contribution is 9.10. The Morgan fingerprint density at radius 1 is 0.987 bits per heavy atom. The molecule has 422 valence electrons. The number of benzene rings is 1. The second kappa shape index (κ2) is 25.8. The molecule has 1 aromatic carbocycles. The van der Waals surface area contributed by atoms with E-state index in [1.165, 1.54) is 20.2 Å². The van der Waals surface area contributed by atoms with E-state index in [1.807, 2.05) is 77.2 Å². The van der Waals surface area contributed by atoms with Crippen LogP contribution in [0.25, 0.3) is 11.1 Å². The van der Waals surface area contributed by atoms with Gasteiger partial charge >= 0.3 is 5.97 Å². The fraction of sp³-hybridized carbons (Fsp3) is 0.745. The molecule has 0 radical (unpaired) electrons. The monoisotopic (exact) mass is 1120 g/mol. The molecule has 2 aromatic heterocycles. The minimum atomic E-state index is -1.82. The number of esters is 1. The van der Waals surface area contributed by atoms with Crippen molar-refractivity contribution < 1.29 is 63.1 Å². The number of nitrogens with zero attached hydrogens (tertiary/aromatic N) is 6. The molecular formula is C55H86BrFN6O12. The van der Waals surface area contributed by atoms with Gasteiger partial charge in [-0.2, -0.15) is 4.39 Å². The number of hydrogen-bond donors (Lipinski definition) is 5. The molecule has 5 heterocycles. The van der Waals surface area contributed by atoms with Crippen molar-refractivity contribution in [1.29, 1.82) is 0 Å². The zero-order valence-corrected chi connectivity index (χ0v) is 47.9. The topological polar surface area (TPSA) is 224 Å². The normalized spacial score (nSPS) is 37.4. The number of pyridine rings is 1. The maximum atomic E-state index is 14.5. The molecule has 3 saturated heterocycles. The molecule has 0 bridgehead atoms. The SMILES string of the molecule is CC[C@H]1OC(=O)[C@H](C)[C@@H](O[C@H]2C[C@@](C)(OC)[C@@H](O)[C@H](C)O2)[C@H](C)[C@@H](O[C@H]2C[C@@H](N(C)CCc3cn([C@H](CO)Cc4ccc(-c5cc(Br)cnc5F)cc4)nn3)C[C@@H](C)O2)[C@](C)(O)C[C@@H](C)CN(C)[C@H](C)[C@@H](O)[C@]1(C)O. The maximum Gasteiger partial charge on any atom is 0.311 e. The van der Waals surface area contributed by atoms with Crippen LogP contribution in [0, 0.1) is 23.7 Å². The van der Waals surface area contributed by atoms with E-state index < -0.39 is 95.8 Å². The van der Waals surface area contributed by atoms with Crippen LogP contribution in [0.5, 0.6) is 0 Å². The molecule has 6 rings (SSSR count). The molecule has 5 N–H and O–H groups in total. The predicted octanol–water partition coefficient (Wildman–Crippen LogP) is 5.87. The molecule has 0 unspecified atom stereocenters. The lowest BCUT2D eigenvalue weighted by Crippen LogP contribution is -2.59. The quantitative estimate of drug-likeness (QED) is 0.0886. The first-order valence-electron chi connectivity index (χ1n) is 26.7. The van der Waals surface area contributed by atoms with Gasteiger partial charge in [0, 0.05) is 79.9 Å². The number of aliphatic hydroxyl groups excluding tert-OH is 3. The molecule has 0 amide bonds. The van der Waals surface area contributed by atoms with Gasteiger partial charge in [0.25, 0.3) is 0 Å². The number of likely N-dealkylation sites (N-methyl/N-ethyl adjacent to an activating group) is 2. The highest BCUT2D eigenvalue weighted by atomic mass is 79.9. The summed E-state index contributed by atoms with van der Waals surface area (Å²) in [6.07, 6.45) is -1.87. The van der Waals surface area contributed by atoms with Gasteiger partial charge in [-0.1, -0.05) is 50.3 Å². The highest BCUT2D eigenvalue weighted by Crippen LogP contribution is 2.40. The van der Waals surface area contributed by atoms with Crippen LogP contribution < -0.4 is 0 Å². The summed E-state index contributed by atoms with van der Waals surface area (Å²) in [7, 11) is 5.43. The van der Waals surface area contributed by atoms with Crippen LogP contribution in [0.3, 0.4) is 0 Å². The molecule has 0 spiro atoms. The molecule has 3 fully saturated rings. The molecule has 18 atom stereocenters. The molecular weight excluding hydrogens is 1040 g/mol. The van der Waals surface area contributed by atoms with Crippen molar-refractivity contribution in [3.05, 3.63) is 64.4 Å². The van der Waals surface area contributed by atoms with Crippen molar-refractivity contribution in [2.24, 2.45) is 17.8 Å². The van der Waals surface area contributed by atoms with E-state index in [9.17, 15) is 34.7 Å². The summed E-state index contributed by atoms with van der Waals surface area (Å²) >= 11 is 3.36. The van der Waals surface area contributed by atoms with Crippen molar-refractivity contribution in [2.45, 2.75) is 204 Å². The van der Waals surface area contributed by atoms with Crippen LogP contribution in [0.2, 0.25) is 0 Å². The van der Waals surface area contributed by atoms with E-state index in [-0.39, 0.29) is 50.0 Å². The number of halogens is 2. The number of methoxy groups -OCH3 is 1. The van der Waals surface area contributed by atoms with Gasteiger partial charge in [-0.3, -0.25) is 4.79 Å². The standard InChI is InChI=1S/C55H86BrFN6O12/c1-14-44-55(10,69)48(65)35(6)62(12)28-31(2)25-53(8,68)50(33(4)47(34(5)52(67)73-44)74-46-26-54(9,70-13)49(66)36(7)72-46)75-45-24-41(21-32(3)71-45)61(11)20-19-40-29-63(60-59-40)42(30-64)22-37-15-17-38(18-16-37)43-23-39(56)27-58-51(43)57/h15-18,23,27,29,31-36,41-42,44-50,64-66,68-69H,14,19-22,24-26,28,30H2,1-13H3/t31-,32-,33+,34-,35-,36+,41+,42+,44-,45+,46+,47+,48-,49+,50-,53-,54-,55-/m1/s1. The Labute approximate surface area is 451 Å². The minimum absolute atomic E-state index is 0.00112. The van der Waals surface area contributed by atoms with E-state index >= 15 is 0 Å². The first-order chi connectivity index (χ1) is 35.2. The van der Waals surface area contributed by atoms with Crippen LogP contribution in [0.15, 0.2) is 47.2 Å². The summed E-state index contributed by atoms with van der Waals surface area (Å²) in [4.78, 5) is 22.5. The summed E-state index contributed by atoms with van der Waals surface area (Å²) in [6, 6.07) is 8.25. The van der Waals surface area contributed by atoms with Crippen molar-refractivity contribution in [2.75, 3.05) is 40.9 Å². The third-order valence-corrected chi connectivity index (χ3v) is 16.9. The molecule has 0 aliphatic carbocycles. The summed E-state index contributed by atoms with van der Waals surface area (Å²) < 4.78 is 55.5. The van der Waals surface area contributed by atoms with Crippen LogP contribution in [-0.2, 0) is 46.1 Å². The van der Waals surface area contributed by atoms with Gasteiger partial charge in [-0.25, -0.2) is 9.67 Å². The molecule has 3 aliphatic heterocycles. The molecule has 20 heteroatoms. The summed E-state index contributed by atoms with van der Waals surface area (Å²) in [6.45, 7) is 18.8. The fourth-order valence-corrected chi connectivity index (χ4v) is 12.0. The van der Waals surface area contributed by atoms with Gasteiger partial charge in [0.1, 0.15) is 23.9 Å². The Hall–Kier alpha value is -3.09. The Kier molecular flexibility index (Phi) is 21.0. The lowest BCUT2D eigenvalue weighted by Gasteiger charge is -2.48. The van der Waals surface area contributed by atoms with Gasteiger partial charge in [-0.15, -0.1) is 5.10 Å². The number of carbonyl (C=O) groups excluding carboxylic acids is 1. The second-order valence-corrected chi connectivity index (χ2v) is 23.7. The van der Waals surface area contributed by atoms with E-state index in [1.54, 1.807) is 45.4 Å². The fourth-order valence-electron chi connectivity index (χ4n) is 11.7. The van der Waals surface area contributed by atoms with Crippen molar-refractivity contribution >= 4 is 21.9 Å². The number of aromatic nitrogens is 4. The van der Waals surface area contributed by atoms with Crippen LogP contribution in [-0.4, -0.2) is 186 Å². The maximum absolute atomic E-state index is 14.5. The number of aliphatic hydroxyl groups is 5. The molecule has 75 heavy (non-hydrogen) atoms. The Morgan fingerprint density at radius 3 is 2.33 bits per heavy atom. The van der Waals surface area contributed by atoms with Gasteiger partial charge in [0.05, 0.1) is 59.9 Å². The molecule has 3 aromatic rings. The summed E-state index contributed by atoms with van der Waals surface area (Å²) in [5.74, 6) is -3.11. The van der Waals surface area contributed by atoms with Crippen LogP contribution in [0.1, 0.15) is 119 Å². The van der Waals surface area contributed by atoms with Gasteiger partial charge in [0.15, 0.2) is 12.6 Å². The Morgan fingerprint density at radius 2 is 1.68 bits per heavy atom. The van der Waals surface area contributed by atoms with Gasteiger partial charge < -0.3 is 63.8 Å². The molecule has 3 aliphatic rings. The smallest absolute Gasteiger partial charge is 0.311 e. The van der Waals surface area contributed by atoms with Crippen LogP contribution in [0.4, 0.5) is 4.39 Å². The lowest BCUT2D eigenvalue weighted by atomic mass is 9.77. The average Bonchev–Trinajstić information content (AvgIpc) is 3.84. The van der Waals surface area contributed by atoms with Crippen molar-refractivity contribution in [3.8, 4) is 11.1 Å². The number of rotatable bonds is 15. The molecule has 0 saturated carbocycles. The van der Waals surface area contributed by atoms with Gasteiger partial charge in [0.2, 0.25) is 5.95 Å². The number of ether oxygens (including phenoxy) is 6. The Bertz CT molecular complexity index is 2300. The third kappa shape index (κ3) is 14.8. The average molecular weight is 1120 g/mol. The number of hydrogen-bond acceptors (Lipinski definition) is 17. The first-order valence-corrected chi connectivity index (χ1v) is 27.5. The van der Waals surface area contributed by atoms with E-state index in [0.717, 1.165) is 11.3 Å². The largest absolute Gasteiger partial charge is 0.459 e. The molecule has 18 nitrogen and oxygen atoms in total. The zero-order chi connectivity index (χ0) is 55.3. The highest BCUT2D eigenvalue weighted by Gasteiger charge is 2.52. The van der Waals surface area contributed by atoms with Crippen LogP contribution >= 0.6 is 15.9 Å². The second-order valence-electron chi connectivity index (χ2n) is 22.7. The van der Waals surface area contributed by atoms with E-state index in [2.05, 4.69) is 36.1 Å². The zero-order valence-electron chi connectivity index (χ0n) is 46.3. The predicted molar refractivity (Wildman–Crippen MR) is 283 cm³/mol. The minimum Gasteiger partial charge on any atom is -0.459 e. The number of cyclic esters (lactones) is 1.